The maximum Gasteiger partial charge on any atom is 0.308 e. The van der Waals surface area contributed by atoms with Crippen molar-refractivity contribution in [2.45, 2.75) is 38.1 Å². The van der Waals surface area contributed by atoms with E-state index in [1.165, 1.54) is 0 Å². The summed E-state index contributed by atoms with van der Waals surface area (Å²) in [5.74, 6) is -0.821. The number of hydrogen-bond donors (Lipinski definition) is 1. The molecule has 2 heterocycles. The van der Waals surface area contributed by atoms with E-state index in [1.807, 2.05) is 6.20 Å². The van der Waals surface area contributed by atoms with Crippen LogP contribution in [0, 0.1) is 5.92 Å². The van der Waals surface area contributed by atoms with Crippen molar-refractivity contribution in [2.75, 3.05) is 13.1 Å². The maximum atomic E-state index is 12.2. The third kappa shape index (κ3) is 2.81. The van der Waals surface area contributed by atoms with Crippen LogP contribution in [0.25, 0.3) is 0 Å². The maximum absolute atomic E-state index is 12.2. The Bertz CT molecular complexity index is 523. The van der Waals surface area contributed by atoms with E-state index in [9.17, 15) is 9.59 Å². The molecule has 1 aromatic heterocycles. The Morgan fingerprint density at radius 3 is 2.85 bits per heavy atom. The summed E-state index contributed by atoms with van der Waals surface area (Å²) in [6.45, 7) is 1.08. The average Bonchev–Trinajstić information content (AvgIpc) is 3.20. The van der Waals surface area contributed by atoms with Gasteiger partial charge >= 0.3 is 5.97 Å². The van der Waals surface area contributed by atoms with Gasteiger partial charge in [0, 0.05) is 25.2 Å². The number of likely N-dealkylation sites (tertiary alicyclic amines) is 1. The van der Waals surface area contributed by atoms with E-state index in [0.29, 0.717) is 25.4 Å². The Kier molecular flexibility index (Phi) is 3.42. The highest BCUT2D eigenvalue weighted by Gasteiger charge is 2.29. The van der Waals surface area contributed by atoms with Crippen molar-refractivity contribution in [3.8, 4) is 0 Å². The predicted molar refractivity (Wildman–Crippen MR) is 68.9 cm³/mol. The molecule has 2 fully saturated rings. The van der Waals surface area contributed by atoms with Crippen molar-refractivity contribution in [1.29, 1.82) is 0 Å². The number of carbonyl (C=O) groups is 2. The minimum atomic E-state index is -0.820. The first-order valence-electron chi connectivity index (χ1n) is 7.04. The van der Waals surface area contributed by atoms with Gasteiger partial charge in [-0.15, -0.1) is 5.10 Å². The lowest BCUT2D eigenvalue weighted by Crippen LogP contribution is -2.43. The second-order valence-corrected chi connectivity index (χ2v) is 5.63. The Balaban J connectivity index is 1.58. The zero-order valence-corrected chi connectivity index (χ0v) is 11.2. The third-order valence-electron chi connectivity index (χ3n) is 3.97. The Hall–Kier alpha value is -1.92. The van der Waals surface area contributed by atoms with Gasteiger partial charge in [0.25, 0.3) is 0 Å². The minimum Gasteiger partial charge on any atom is -0.481 e. The number of carbonyl (C=O) groups excluding carboxylic acids is 1. The summed E-state index contributed by atoms with van der Waals surface area (Å²) in [4.78, 5) is 24.8. The molecule has 2 aliphatic rings. The molecule has 1 aromatic rings. The van der Waals surface area contributed by atoms with Crippen molar-refractivity contribution < 1.29 is 14.7 Å². The van der Waals surface area contributed by atoms with Gasteiger partial charge in [-0.25, -0.2) is 4.68 Å². The molecule has 7 heteroatoms. The van der Waals surface area contributed by atoms with Gasteiger partial charge < -0.3 is 10.0 Å². The molecule has 1 saturated carbocycles. The quantitative estimate of drug-likeness (QED) is 0.865. The molecular weight excluding hydrogens is 260 g/mol. The molecule has 1 aliphatic carbocycles. The summed E-state index contributed by atoms with van der Waals surface area (Å²) in [6.07, 6.45) is 5.52. The van der Waals surface area contributed by atoms with Gasteiger partial charge in [-0.1, -0.05) is 5.21 Å². The van der Waals surface area contributed by atoms with Crippen molar-refractivity contribution in [3.05, 3.63) is 11.9 Å². The highest BCUT2D eigenvalue weighted by Crippen LogP contribution is 2.38. The monoisotopic (exact) mass is 278 g/mol. The number of rotatable bonds is 4. The third-order valence-corrected chi connectivity index (χ3v) is 3.97. The van der Waals surface area contributed by atoms with Gasteiger partial charge in [-0.05, 0) is 25.7 Å². The van der Waals surface area contributed by atoms with Gasteiger partial charge in [0.2, 0.25) is 5.91 Å². The zero-order chi connectivity index (χ0) is 14.1. The molecule has 20 heavy (non-hydrogen) atoms. The molecular formula is C13H18N4O3. The summed E-state index contributed by atoms with van der Waals surface area (Å²) in [5, 5.41) is 17.1. The van der Waals surface area contributed by atoms with Gasteiger partial charge in [-0.2, -0.15) is 0 Å². The fourth-order valence-corrected chi connectivity index (χ4v) is 2.60. The van der Waals surface area contributed by atoms with E-state index in [-0.39, 0.29) is 12.5 Å². The second-order valence-electron chi connectivity index (χ2n) is 5.63. The fourth-order valence-electron chi connectivity index (χ4n) is 2.60. The molecule has 1 atom stereocenters. The van der Waals surface area contributed by atoms with Gasteiger partial charge in [0.15, 0.2) is 0 Å². The second kappa shape index (κ2) is 5.22. The lowest BCUT2D eigenvalue weighted by Gasteiger charge is -2.30. The molecule has 7 nitrogen and oxygen atoms in total. The predicted octanol–water partition coefficient (Wildman–Crippen LogP) is 0.479. The summed E-state index contributed by atoms with van der Waals surface area (Å²) >= 11 is 0. The number of carboxylic acid groups (broad SMARTS) is 1. The Labute approximate surface area is 116 Å². The van der Waals surface area contributed by atoms with Crippen LogP contribution in [0.2, 0.25) is 0 Å². The van der Waals surface area contributed by atoms with Crippen LogP contribution in [0.5, 0.6) is 0 Å². The largest absolute Gasteiger partial charge is 0.481 e. The number of aromatic nitrogens is 3. The summed E-state index contributed by atoms with van der Waals surface area (Å²) in [6, 6.07) is 0. The molecule has 1 N–H and O–H groups in total. The number of amides is 1. The summed E-state index contributed by atoms with van der Waals surface area (Å²) in [5.41, 5.74) is 0.958. The smallest absolute Gasteiger partial charge is 0.308 e. The van der Waals surface area contributed by atoms with E-state index < -0.39 is 11.9 Å². The van der Waals surface area contributed by atoms with Crippen molar-refractivity contribution in [1.82, 2.24) is 19.9 Å². The van der Waals surface area contributed by atoms with Crippen molar-refractivity contribution in [2.24, 2.45) is 5.92 Å². The number of nitrogens with zero attached hydrogens (tertiary/aromatic N) is 4. The van der Waals surface area contributed by atoms with Crippen LogP contribution in [0.4, 0.5) is 0 Å². The first-order valence-corrected chi connectivity index (χ1v) is 7.04. The van der Waals surface area contributed by atoms with Crippen LogP contribution in [-0.4, -0.2) is 50.0 Å². The first-order chi connectivity index (χ1) is 9.63. The molecule has 0 spiro atoms. The van der Waals surface area contributed by atoms with E-state index in [0.717, 1.165) is 25.0 Å². The van der Waals surface area contributed by atoms with Gasteiger partial charge in [0.1, 0.15) is 6.54 Å². The van der Waals surface area contributed by atoms with E-state index >= 15 is 0 Å². The number of piperidine rings is 1. The number of carboxylic acids is 1. The summed E-state index contributed by atoms with van der Waals surface area (Å²) < 4.78 is 1.56. The first kappa shape index (κ1) is 13.1. The van der Waals surface area contributed by atoms with Crippen LogP contribution in [0.3, 0.4) is 0 Å². The molecule has 0 bridgehead atoms. The van der Waals surface area contributed by atoms with Gasteiger partial charge in [-0.3, -0.25) is 9.59 Å². The van der Waals surface area contributed by atoms with Crippen LogP contribution >= 0.6 is 0 Å². The SMILES string of the molecule is O=C(O)C1CCCN(C(=O)Cn2cc(C3CC3)nn2)C1. The van der Waals surface area contributed by atoms with Crippen LogP contribution in [0.1, 0.15) is 37.3 Å². The number of aliphatic carboxylic acids is 1. The minimum absolute atomic E-state index is 0.0804. The molecule has 3 rings (SSSR count). The topological polar surface area (TPSA) is 88.3 Å². The van der Waals surface area contributed by atoms with Crippen LogP contribution < -0.4 is 0 Å². The normalized spacial score (nSPS) is 22.8. The van der Waals surface area contributed by atoms with Crippen molar-refractivity contribution in [3.63, 3.8) is 0 Å². The van der Waals surface area contributed by atoms with Crippen LogP contribution in [0.15, 0.2) is 6.20 Å². The molecule has 1 aliphatic heterocycles. The zero-order valence-electron chi connectivity index (χ0n) is 11.2. The van der Waals surface area contributed by atoms with E-state index in [2.05, 4.69) is 10.3 Å². The summed E-state index contributed by atoms with van der Waals surface area (Å²) in [7, 11) is 0. The van der Waals surface area contributed by atoms with Gasteiger partial charge in [0.05, 0.1) is 11.6 Å². The standard InChI is InChI=1S/C13H18N4O3/c18-12(16-5-1-2-10(6-16)13(19)20)8-17-7-11(14-15-17)9-3-4-9/h7,9-10H,1-6,8H2,(H,19,20). The van der Waals surface area contributed by atoms with E-state index in [1.54, 1.807) is 9.58 Å². The molecule has 0 aromatic carbocycles. The molecule has 1 amide bonds. The highest BCUT2D eigenvalue weighted by molar-refractivity contribution is 5.77. The number of hydrogen-bond acceptors (Lipinski definition) is 4. The lowest BCUT2D eigenvalue weighted by molar-refractivity contribution is -0.145. The van der Waals surface area contributed by atoms with E-state index in [4.69, 9.17) is 5.11 Å². The molecule has 1 unspecified atom stereocenters. The fraction of sp³-hybridized carbons (Fsp3) is 0.692. The highest BCUT2D eigenvalue weighted by atomic mass is 16.4. The Morgan fingerprint density at radius 1 is 1.35 bits per heavy atom. The van der Waals surface area contributed by atoms with Crippen molar-refractivity contribution >= 4 is 11.9 Å². The Morgan fingerprint density at radius 2 is 2.15 bits per heavy atom. The molecule has 0 radical (unpaired) electrons. The lowest BCUT2D eigenvalue weighted by atomic mass is 9.98. The average molecular weight is 278 g/mol. The van der Waals surface area contributed by atoms with Crippen LogP contribution in [-0.2, 0) is 16.1 Å². The molecule has 108 valence electrons. The molecule has 1 saturated heterocycles.